The molecule has 0 spiro atoms. The smallest absolute Gasteiger partial charge is 0.0317 e. The van der Waals surface area contributed by atoms with Crippen molar-refractivity contribution in [2.45, 2.75) is 19.8 Å². The first-order chi connectivity index (χ1) is 11.1. The molecule has 0 aromatic heterocycles. The molecule has 0 saturated heterocycles. The van der Waals surface area contributed by atoms with Crippen molar-refractivity contribution in [1.29, 1.82) is 0 Å². The Kier molecular flexibility index (Phi) is 4.07. The fraction of sp³-hybridized carbons (Fsp3) is 0.143. The number of hydrogen-bond donors (Lipinski definition) is 2. The van der Waals surface area contributed by atoms with E-state index in [0.29, 0.717) is 0 Å². The van der Waals surface area contributed by atoms with E-state index in [1.165, 1.54) is 27.8 Å². The molecule has 3 rings (SSSR count). The molecule has 2 heteroatoms. The largest absolute Gasteiger partial charge is 0.399 e. The Hall–Kier alpha value is -2.74. The molecule has 3 aromatic rings. The van der Waals surface area contributed by atoms with E-state index in [0.717, 1.165) is 11.4 Å². The summed E-state index contributed by atoms with van der Waals surface area (Å²) >= 11 is 0. The molecule has 0 aliphatic heterocycles. The zero-order valence-corrected chi connectivity index (χ0v) is 13.6. The molecule has 116 valence electrons. The highest BCUT2D eigenvalue weighted by atomic mass is 14.5. The van der Waals surface area contributed by atoms with E-state index in [-0.39, 0.29) is 5.92 Å². The van der Waals surface area contributed by atoms with Crippen LogP contribution in [-0.4, -0.2) is 0 Å². The number of nitrogen functional groups attached to an aromatic ring is 2. The maximum absolute atomic E-state index is 6.06. The molecular weight excluding hydrogens is 280 g/mol. The van der Waals surface area contributed by atoms with Gasteiger partial charge in [-0.3, -0.25) is 0 Å². The summed E-state index contributed by atoms with van der Waals surface area (Å²) in [4.78, 5) is 0. The molecular formula is C21H22N2. The van der Waals surface area contributed by atoms with Crippen LogP contribution in [0.3, 0.4) is 0 Å². The van der Waals surface area contributed by atoms with Crippen LogP contribution in [0.1, 0.15) is 29.5 Å². The summed E-state index contributed by atoms with van der Waals surface area (Å²) < 4.78 is 0. The maximum Gasteiger partial charge on any atom is 0.0317 e. The van der Waals surface area contributed by atoms with E-state index < -0.39 is 0 Å². The zero-order chi connectivity index (χ0) is 16.4. The zero-order valence-electron chi connectivity index (χ0n) is 13.6. The lowest BCUT2D eigenvalue weighted by Crippen LogP contribution is -2.01. The van der Waals surface area contributed by atoms with Gasteiger partial charge in [0.2, 0.25) is 0 Å². The summed E-state index contributed by atoms with van der Waals surface area (Å²) in [6.07, 6.45) is 0. The molecule has 0 aliphatic carbocycles. The fourth-order valence-electron chi connectivity index (χ4n) is 3.10. The SMILES string of the molecule is Cc1cc(N)ccc1-c1ccc(N)cc1C(C)c1ccccc1. The quantitative estimate of drug-likeness (QED) is 0.670. The van der Waals surface area contributed by atoms with Gasteiger partial charge in [-0.25, -0.2) is 0 Å². The topological polar surface area (TPSA) is 52.0 Å². The molecule has 23 heavy (non-hydrogen) atoms. The minimum absolute atomic E-state index is 0.270. The third-order valence-corrected chi connectivity index (χ3v) is 4.38. The second kappa shape index (κ2) is 6.17. The lowest BCUT2D eigenvalue weighted by atomic mass is 9.85. The van der Waals surface area contributed by atoms with E-state index in [4.69, 9.17) is 11.5 Å². The van der Waals surface area contributed by atoms with E-state index in [9.17, 15) is 0 Å². The van der Waals surface area contributed by atoms with Crippen molar-refractivity contribution >= 4 is 11.4 Å². The molecule has 0 aliphatic rings. The summed E-state index contributed by atoms with van der Waals surface area (Å²) in [7, 11) is 0. The highest BCUT2D eigenvalue weighted by Crippen LogP contribution is 2.36. The lowest BCUT2D eigenvalue weighted by molar-refractivity contribution is 0.925. The average molecular weight is 302 g/mol. The van der Waals surface area contributed by atoms with Crippen LogP contribution >= 0.6 is 0 Å². The van der Waals surface area contributed by atoms with Crippen molar-refractivity contribution in [3.63, 3.8) is 0 Å². The summed E-state index contributed by atoms with van der Waals surface area (Å²) in [6.45, 7) is 4.32. The Bertz CT molecular complexity index is 823. The molecule has 0 fully saturated rings. The Morgan fingerprint density at radius 1 is 0.739 bits per heavy atom. The van der Waals surface area contributed by atoms with Crippen molar-refractivity contribution < 1.29 is 0 Å². The summed E-state index contributed by atoms with van der Waals surface area (Å²) in [5.74, 6) is 0.270. The van der Waals surface area contributed by atoms with Gasteiger partial charge in [0.15, 0.2) is 0 Å². The van der Waals surface area contributed by atoms with E-state index in [1.807, 2.05) is 24.3 Å². The molecule has 3 aromatic carbocycles. The van der Waals surface area contributed by atoms with E-state index >= 15 is 0 Å². The van der Waals surface area contributed by atoms with Crippen molar-refractivity contribution in [1.82, 2.24) is 0 Å². The monoisotopic (exact) mass is 302 g/mol. The molecule has 0 saturated carbocycles. The van der Waals surface area contributed by atoms with Crippen LogP contribution in [-0.2, 0) is 0 Å². The molecule has 0 amide bonds. The minimum Gasteiger partial charge on any atom is -0.399 e. The van der Waals surface area contributed by atoms with Crippen LogP contribution in [0.5, 0.6) is 0 Å². The molecule has 0 heterocycles. The predicted octanol–water partition coefficient (Wildman–Crippen LogP) is 4.98. The summed E-state index contributed by atoms with van der Waals surface area (Å²) in [5.41, 5.74) is 19.7. The highest BCUT2D eigenvalue weighted by molar-refractivity contribution is 5.75. The van der Waals surface area contributed by atoms with Gasteiger partial charge in [0.1, 0.15) is 0 Å². The molecule has 2 nitrogen and oxygen atoms in total. The van der Waals surface area contributed by atoms with Gasteiger partial charge in [-0.2, -0.15) is 0 Å². The maximum atomic E-state index is 6.06. The van der Waals surface area contributed by atoms with Crippen LogP contribution in [0, 0.1) is 6.92 Å². The van der Waals surface area contributed by atoms with Gasteiger partial charge in [-0.05, 0) is 59.0 Å². The second-order valence-electron chi connectivity index (χ2n) is 6.05. The highest BCUT2D eigenvalue weighted by Gasteiger charge is 2.15. The average Bonchev–Trinajstić information content (AvgIpc) is 2.55. The van der Waals surface area contributed by atoms with Crippen molar-refractivity contribution in [3.05, 3.63) is 83.4 Å². The van der Waals surface area contributed by atoms with Gasteiger partial charge in [0.25, 0.3) is 0 Å². The standard InChI is InChI=1S/C21H22N2/c1-14-12-17(22)8-10-19(14)20-11-9-18(23)13-21(20)15(2)16-6-4-3-5-7-16/h3-13,15H,22-23H2,1-2H3. The van der Waals surface area contributed by atoms with Crippen LogP contribution in [0.4, 0.5) is 11.4 Å². The normalized spacial score (nSPS) is 12.1. The number of aryl methyl sites for hydroxylation is 1. The van der Waals surface area contributed by atoms with Crippen molar-refractivity contribution in [2.24, 2.45) is 0 Å². The number of hydrogen-bond acceptors (Lipinski definition) is 2. The number of benzene rings is 3. The van der Waals surface area contributed by atoms with Crippen LogP contribution in [0.25, 0.3) is 11.1 Å². The van der Waals surface area contributed by atoms with Gasteiger partial charge >= 0.3 is 0 Å². The summed E-state index contributed by atoms with van der Waals surface area (Å²) in [5, 5.41) is 0. The fourth-order valence-corrected chi connectivity index (χ4v) is 3.10. The van der Waals surface area contributed by atoms with Gasteiger partial charge in [0, 0.05) is 17.3 Å². The van der Waals surface area contributed by atoms with E-state index in [1.54, 1.807) is 0 Å². The first-order valence-corrected chi connectivity index (χ1v) is 7.87. The number of nitrogens with two attached hydrogens (primary N) is 2. The Morgan fingerprint density at radius 2 is 1.35 bits per heavy atom. The van der Waals surface area contributed by atoms with Gasteiger partial charge in [-0.15, -0.1) is 0 Å². The molecule has 1 unspecified atom stereocenters. The van der Waals surface area contributed by atoms with Gasteiger partial charge < -0.3 is 11.5 Å². The van der Waals surface area contributed by atoms with Crippen LogP contribution in [0.15, 0.2) is 66.7 Å². The lowest BCUT2D eigenvalue weighted by Gasteiger charge is -2.19. The minimum atomic E-state index is 0.270. The van der Waals surface area contributed by atoms with Crippen molar-refractivity contribution in [3.8, 4) is 11.1 Å². The third-order valence-electron chi connectivity index (χ3n) is 4.38. The van der Waals surface area contributed by atoms with Gasteiger partial charge in [0.05, 0.1) is 0 Å². The molecule has 0 radical (unpaired) electrons. The van der Waals surface area contributed by atoms with Crippen LogP contribution in [0.2, 0.25) is 0 Å². The Balaban J connectivity index is 2.15. The summed E-state index contributed by atoms with van der Waals surface area (Å²) in [6, 6.07) is 22.7. The number of anilines is 2. The first kappa shape index (κ1) is 15.2. The third kappa shape index (κ3) is 3.07. The second-order valence-corrected chi connectivity index (χ2v) is 6.05. The van der Waals surface area contributed by atoms with Crippen molar-refractivity contribution in [2.75, 3.05) is 11.5 Å². The number of rotatable bonds is 3. The first-order valence-electron chi connectivity index (χ1n) is 7.87. The predicted molar refractivity (Wildman–Crippen MR) is 99.4 cm³/mol. The van der Waals surface area contributed by atoms with Gasteiger partial charge in [-0.1, -0.05) is 49.4 Å². The molecule has 1 atom stereocenters. The Morgan fingerprint density at radius 3 is 2.00 bits per heavy atom. The molecule has 4 N–H and O–H groups in total. The Labute approximate surface area is 137 Å². The van der Waals surface area contributed by atoms with Crippen LogP contribution < -0.4 is 11.5 Å². The molecule has 0 bridgehead atoms. The van der Waals surface area contributed by atoms with E-state index in [2.05, 4.69) is 56.3 Å².